The minimum absolute atomic E-state index is 0.334. The van der Waals surface area contributed by atoms with E-state index in [9.17, 15) is 14.5 Å². The SMILES string of the molecule is CC1Cc2ccccc2N1Cc1ccc([N+](=O)[O-])c(F)c1. The van der Waals surface area contributed by atoms with Crippen LogP contribution in [0.25, 0.3) is 0 Å². The highest BCUT2D eigenvalue weighted by Gasteiger charge is 2.26. The minimum Gasteiger partial charge on any atom is -0.364 e. The molecule has 0 amide bonds. The lowest BCUT2D eigenvalue weighted by molar-refractivity contribution is -0.387. The fourth-order valence-corrected chi connectivity index (χ4v) is 2.86. The van der Waals surface area contributed by atoms with E-state index in [1.165, 1.54) is 17.7 Å². The number of rotatable bonds is 3. The van der Waals surface area contributed by atoms with Crippen LogP contribution in [0.15, 0.2) is 42.5 Å². The average Bonchev–Trinajstić information content (AvgIpc) is 2.75. The third-order valence-corrected chi connectivity index (χ3v) is 3.91. The highest BCUT2D eigenvalue weighted by molar-refractivity contribution is 5.59. The van der Waals surface area contributed by atoms with Crippen molar-refractivity contribution >= 4 is 11.4 Å². The summed E-state index contributed by atoms with van der Waals surface area (Å²) in [6.45, 7) is 2.68. The zero-order chi connectivity index (χ0) is 15.0. The van der Waals surface area contributed by atoms with Gasteiger partial charge in [0, 0.05) is 24.3 Å². The first kappa shape index (κ1) is 13.5. The number of fused-ring (bicyclic) bond motifs is 1. The fourth-order valence-electron chi connectivity index (χ4n) is 2.86. The molecule has 0 N–H and O–H groups in total. The van der Waals surface area contributed by atoms with Crippen LogP contribution >= 0.6 is 0 Å². The highest BCUT2D eigenvalue weighted by Crippen LogP contribution is 2.33. The van der Waals surface area contributed by atoms with Gasteiger partial charge in [0.25, 0.3) is 0 Å². The van der Waals surface area contributed by atoms with E-state index < -0.39 is 16.4 Å². The number of hydrogen-bond acceptors (Lipinski definition) is 3. The molecule has 108 valence electrons. The minimum atomic E-state index is -0.780. The molecule has 1 aliphatic rings. The first-order valence-electron chi connectivity index (χ1n) is 6.83. The van der Waals surface area contributed by atoms with E-state index in [1.807, 2.05) is 12.1 Å². The van der Waals surface area contributed by atoms with E-state index in [1.54, 1.807) is 6.07 Å². The van der Waals surface area contributed by atoms with E-state index in [0.29, 0.717) is 12.6 Å². The van der Waals surface area contributed by atoms with Crippen LogP contribution in [0.5, 0.6) is 0 Å². The van der Waals surface area contributed by atoms with Gasteiger partial charge in [0.05, 0.1) is 4.92 Å². The number of anilines is 1. The monoisotopic (exact) mass is 286 g/mol. The van der Waals surface area contributed by atoms with E-state index in [2.05, 4.69) is 24.0 Å². The molecule has 0 bridgehead atoms. The Hall–Kier alpha value is -2.43. The summed E-state index contributed by atoms with van der Waals surface area (Å²) in [7, 11) is 0. The van der Waals surface area contributed by atoms with Crippen LogP contribution in [-0.4, -0.2) is 11.0 Å². The second-order valence-corrected chi connectivity index (χ2v) is 5.35. The van der Waals surface area contributed by atoms with Gasteiger partial charge in [-0.1, -0.05) is 24.3 Å². The van der Waals surface area contributed by atoms with Crippen molar-refractivity contribution in [3.8, 4) is 0 Å². The third-order valence-electron chi connectivity index (χ3n) is 3.91. The Labute approximate surface area is 122 Å². The maximum atomic E-state index is 13.7. The highest BCUT2D eigenvalue weighted by atomic mass is 19.1. The van der Waals surface area contributed by atoms with E-state index >= 15 is 0 Å². The summed E-state index contributed by atoms with van der Waals surface area (Å²) in [5.41, 5.74) is 2.70. The molecule has 1 heterocycles. The van der Waals surface area contributed by atoms with Crippen LogP contribution < -0.4 is 4.90 Å². The van der Waals surface area contributed by atoms with Crippen LogP contribution in [0, 0.1) is 15.9 Å². The van der Waals surface area contributed by atoms with E-state index in [4.69, 9.17) is 0 Å². The topological polar surface area (TPSA) is 46.4 Å². The normalized spacial score (nSPS) is 16.9. The smallest absolute Gasteiger partial charge is 0.304 e. The lowest BCUT2D eigenvalue weighted by atomic mass is 10.1. The summed E-state index contributed by atoms with van der Waals surface area (Å²) < 4.78 is 13.7. The van der Waals surface area contributed by atoms with Gasteiger partial charge in [0.15, 0.2) is 0 Å². The number of nitro groups is 1. The van der Waals surface area contributed by atoms with Gasteiger partial charge in [-0.25, -0.2) is 0 Å². The molecule has 3 rings (SSSR count). The molecule has 0 saturated heterocycles. The molecular formula is C16H15FN2O2. The summed E-state index contributed by atoms with van der Waals surface area (Å²) in [6.07, 6.45) is 0.964. The lowest BCUT2D eigenvalue weighted by Crippen LogP contribution is -2.28. The standard InChI is InChI=1S/C16H15FN2O2/c1-11-8-13-4-2-3-5-15(13)18(11)10-12-6-7-16(19(20)21)14(17)9-12/h2-7,9,11H,8,10H2,1H3. The lowest BCUT2D eigenvalue weighted by Gasteiger charge is -2.25. The van der Waals surface area contributed by atoms with Crippen molar-refractivity contribution in [2.24, 2.45) is 0 Å². The molecule has 4 nitrogen and oxygen atoms in total. The molecule has 1 aliphatic heterocycles. The van der Waals surface area contributed by atoms with Gasteiger partial charge in [-0.15, -0.1) is 0 Å². The predicted molar refractivity (Wildman–Crippen MR) is 78.8 cm³/mol. The Bertz CT molecular complexity index is 702. The molecule has 0 spiro atoms. The maximum absolute atomic E-state index is 13.7. The maximum Gasteiger partial charge on any atom is 0.304 e. The van der Waals surface area contributed by atoms with Crippen molar-refractivity contribution in [2.75, 3.05) is 4.90 Å². The fraction of sp³-hybridized carbons (Fsp3) is 0.250. The van der Waals surface area contributed by atoms with Crippen molar-refractivity contribution in [1.29, 1.82) is 0 Å². The van der Waals surface area contributed by atoms with Gasteiger partial charge in [-0.05, 0) is 36.6 Å². The van der Waals surface area contributed by atoms with Crippen molar-refractivity contribution in [1.82, 2.24) is 0 Å². The van der Waals surface area contributed by atoms with Gasteiger partial charge in [-0.2, -0.15) is 4.39 Å². The van der Waals surface area contributed by atoms with Gasteiger partial charge in [-0.3, -0.25) is 10.1 Å². The Morgan fingerprint density at radius 3 is 2.81 bits per heavy atom. The second-order valence-electron chi connectivity index (χ2n) is 5.35. The zero-order valence-electron chi connectivity index (χ0n) is 11.6. The number of halogens is 1. The van der Waals surface area contributed by atoms with Gasteiger partial charge in [0.2, 0.25) is 5.82 Å². The molecule has 2 aromatic carbocycles. The number of nitro benzene ring substituents is 1. The Morgan fingerprint density at radius 1 is 1.33 bits per heavy atom. The van der Waals surface area contributed by atoms with E-state index in [-0.39, 0.29) is 0 Å². The number of nitrogens with zero attached hydrogens (tertiary/aromatic N) is 2. The molecule has 1 unspecified atom stereocenters. The summed E-state index contributed by atoms with van der Waals surface area (Å²) in [6, 6.07) is 12.6. The van der Waals surface area contributed by atoms with Crippen LogP contribution in [0.4, 0.5) is 15.8 Å². The Balaban J connectivity index is 1.87. The third kappa shape index (κ3) is 2.46. The van der Waals surface area contributed by atoms with Crippen LogP contribution in [-0.2, 0) is 13.0 Å². The summed E-state index contributed by atoms with van der Waals surface area (Å²) in [5, 5.41) is 10.6. The predicted octanol–water partition coefficient (Wildman–Crippen LogP) is 3.69. The van der Waals surface area contributed by atoms with Crippen LogP contribution in [0.2, 0.25) is 0 Å². The molecule has 0 fully saturated rings. The zero-order valence-corrected chi connectivity index (χ0v) is 11.6. The first-order valence-corrected chi connectivity index (χ1v) is 6.83. The molecule has 0 radical (unpaired) electrons. The molecule has 1 atom stereocenters. The molecule has 21 heavy (non-hydrogen) atoms. The Kier molecular flexibility index (Phi) is 3.33. The van der Waals surface area contributed by atoms with Crippen LogP contribution in [0.1, 0.15) is 18.1 Å². The van der Waals surface area contributed by atoms with Crippen molar-refractivity contribution in [2.45, 2.75) is 25.9 Å². The second kappa shape index (κ2) is 5.16. The average molecular weight is 286 g/mol. The molecule has 0 saturated carbocycles. The van der Waals surface area contributed by atoms with E-state index in [0.717, 1.165) is 17.7 Å². The van der Waals surface area contributed by atoms with Crippen molar-refractivity contribution in [3.63, 3.8) is 0 Å². The Morgan fingerprint density at radius 2 is 2.10 bits per heavy atom. The van der Waals surface area contributed by atoms with Crippen molar-refractivity contribution < 1.29 is 9.31 Å². The van der Waals surface area contributed by atoms with Gasteiger partial charge < -0.3 is 4.90 Å². The molecule has 2 aromatic rings. The van der Waals surface area contributed by atoms with Gasteiger partial charge in [0.1, 0.15) is 0 Å². The molecule has 0 aliphatic carbocycles. The quantitative estimate of drug-likeness (QED) is 0.638. The molecule has 5 heteroatoms. The van der Waals surface area contributed by atoms with Gasteiger partial charge >= 0.3 is 5.69 Å². The summed E-state index contributed by atoms with van der Waals surface area (Å²) >= 11 is 0. The molecular weight excluding hydrogens is 271 g/mol. The first-order chi connectivity index (χ1) is 10.1. The molecule has 0 aromatic heterocycles. The van der Waals surface area contributed by atoms with Crippen molar-refractivity contribution in [3.05, 3.63) is 69.5 Å². The number of para-hydroxylation sites is 1. The summed E-state index contributed by atoms with van der Waals surface area (Å²) in [5.74, 6) is -0.780. The largest absolute Gasteiger partial charge is 0.364 e. The number of hydrogen-bond donors (Lipinski definition) is 0. The summed E-state index contributed by atoms with van der Waals surface area (Å²) in [4.78, 5) is 12.2. The van der Waals surface area contributed by atoms with Crippen LogP contribution in [0.3, 0.4) is 0 Å². The number of benzene rings is 2.